The summed E-state index contributed by atoms with van der Waals surface area (Å²) < 4.78 is 12.9. The Labute approximate surface area is 114 Å². The molecule has 0 spiro atoms. The molecule has 1 atom stereocenters. The fourth-order valence-corrected chi connectivity index (χ4v) is 2.90. The van der Waals surface area contributed by atoms with E-state index in [1.807, 2.05) is 25.8 Å². The van der Waals surface area contributed by atoms with Gasteiger partial charge in [0, 0.05) is 30.6 Å². The second-order valence-electron chi connectivity index (χ2n) is 6.19. The number of hydrogen-bond donors (Lipinski definition) is 0. The van der Waals surface area contributed by atoms with E-state index in [1.165, 1.54) is 12.1 Å². The summed E-state index contributed by atoms with van der Waals surface area (Å²) in [6, 6.07) is 6.43. The van der Waals surface area contributed by atoms with Gasteiger partial charge in [-0.05, 0) is 37.1 Å². The van der Waals surface area contributed by atoms with Crippen LogP contribution in [0.5, 0.6) is 0 Å². The Balaban J connectivity index is 2.04. The first-order chi connectivity index (χ1) is 8.90. The van der Waals surface area contributed by atoms with Crippen molar-refractivity contribution < 1.29 is 9.18 Å². The minimum Gasteiger partial charge on any atom is -0.374 e. The molecule has 0 N–H and O–H groups in total. The van der Waals surface area contributed by atoms with E-state index in [1.54, 1.807) is 12.1 Å². The minimum atomic E-state index is -0.230. The van der Waals surface area contributed by atoms with E-state index in [0.717, 1.165) is 24.9 Å². The number of benzene rings is 1. The second kappa shape index (κ2) is 5.32. The van der Waals surface area contributed by atoms with E-state index in [4.69, 9.17) is 0 Å². The molecular formula is C16H22FNO. The predicted molar refractivity (Wildman–Crippen MR) is 75.8 cm³/mol. The quantitative estimate of drug-likeness (QED) is 0.829. The standard InChI is InChI=1S/C16H22FNO/c1-16(2)10-4-5-12(15(16)19)11-18(3)14-8-6-13(17)7-9-14/h6-9,12H,4-5,10-11H2,1-3H3. The lowest BCUT2D eigenvalue weighted by Crippen LogP contribution is -2.40. The molecule has 1 aliphatic rings. The Bertz CT molecular complexity index is 452. The lowest BCUT2D eigenvalue weighted by Gasteiger charge is -2.35. The number of carbonyl (C=O) groups is 1. The van der Waals surface area contributed by atoms with Crippen LogP contribution in [-0.2, 0) is 4.79 Å². The minimum absolute atomic E-state index is 0.0961. The average Bonchev–Trinajstić information content (AvgIpc) is 2.35. The average molecular weight is 263 g/mol. The molecule has 1 aromatic rings. The summed E-state index contributed by atoms with van der Waals surface area (Å²) >= 11 is 0. The molecule has 3 heteroatoms. The van der Waals surface area contributed by atoms with Crippen molar-refractivity contribution in [2.45, 2.75) is 33.1 Å². The summed E-state index contributed by atoms with van der Waals surface area (Å²) in [5.41, 5.74) is 0.768. The third kappa shape index (κ3) is 3.14. The van der Waals surface area contributed by atoms with Crippen LogP contribution < -0.4 is 4.90 Å². The van der Waals surface area contributed by atoms with Crippen molar-refractivity contribution >= 4 is 11.5 Å². The van der Waals surface area contributed by atoms with Gasteiger partial charge < -0.3 is 4.90 Å². The fourth-order valence-electron chi connectivity index (χ4n) is 2.90. The van der Waals surface area contributed by atoms with Crippen LogP contribution in [0.25, 0.3) is 0 Å². The van der Waals surface area contributed by atoms with Crippen LogP contribution in [0.15, 0.2) is 24.3 Å². The predicted octanol–water partition coefficient (Wildman–Crippen LogP) is 3.66. The third-order valence-electron chi connectivity index (χ3n) is 4.15. The van der Waals surface area contributed by atoms with Gasteiger partial charge >= 0.3 is 0 Å². The van der Waals surface area contributed by atoms with Crippen molar-refractivity contribution in [3.63, 3.8) is 0 Å². The van der Waals surface area contributed by atoms with Gasteiger partial charge in [-0.25, -0.2) is 4.39 Å². The van der Waals surface area contributed by atoms with Crippen molar-refractivity contribution in [3.05, 3.63) is 30.1 Å². The van der Waals surface area contributed by atoms with Gasteiger partial charge in [0.2, 0.25) is 0 Å². The van der Waals surface area contributed by atoms with Crippen LogP contribution >= 0.6 is 0 Å². The van der Waals surface area contributed by atoms with Gasteiger partial charge in [-0.3, -0.25) is 4.79 Å². The number of ketones is 1. The summed E-state index contributed by atoms with van der Waals surface area (Å²) in [7, 11) is 1.96. The zero-order chi connectivity index (χ0) is 14.0. The molecule has 0 amide bonds. The molecule has 104 valence electrons. The van der Waals surface area contributed by atoms with Crippen LogP contribution in [0.1, 0.15) is 33.1 Å². The maximum Gasteiger partial charge on any atom is 0.143 e. The summed E-state index contributed by atoms with van der Waals surface area (Å²) in [6.07, 6.45) is 3.07. The Kier molecular flexibility index (Phi) is 3.93. The van der Waals surface area contributed by atoms with Crippen LogP contribution in [0.4, 0.5) is 10.1 Å². The van der Waals surface area contributed by atoms with E-state index in [2.05, 4.69) is 0 Å². The molecule has 0 aliphatic heterocycles. The van der Waals surface area contributed by atoms with E-state index >= 15 is 0 Å². The normalized spacial score (nSPS) is 22.3. The van der Waals surface area contributed by atoms with Crippen LogP contribution in [0, 0.1) is 17.2 Å². The molecule has 1 saturated carbocycles. The maximum atomic E-state index is 12.9. The molecule has 0 saturated heterocycles. The number of halogens is 1. The topological polar surface area (TPSA) is 20.3 Å². The van der Waals surface area contributed by atoms with Gasteiger partial charge in [0.25, 0.3) is 0 Å². The number of anilines is 1. The molecular weight excluding hydrogens is 241 g/mol. The van der Waals surface area contributed by atoms with Crippen LogP contribution in [-0.4, -0.2) is 19.4 Å². The highest BCUT2D eigenvalue weighted by Gasteiger charge is 2.37. The van der Waals surface area contributed by atoms with Crippen molar-refractivity contribution in [3.8, 4) is 0 Å². The summed E-state index contributed by atoms with van der Waals surface area (Å²) in [4.78, 5) is 14.4. The van der Waals surface area contributed by atoms with Crippen molar-refractivity contribution in [2.75, 3.05) is 18.5 Å². The molecule has 0 aromatic heterocycles. The smallest absolute Gasteiger partial charge is 0.143 e. The Hall–Kier alpha value is -1.38. The van der Waals surface area contributed by atoms with E-state index < -0.39 is 0 Å². The van der Waals surface area contributed by atoms with E-state index in [-0.39, 0.29) is 17.2 Å². The van der Waals surface area contributed by atoms with Gasteiger partial charge in [0.1, 0.15) is 11.6 Å². The number of Topliss-reactive ketones (excluding diaryl/α,β-unsaturated/α-hetero) is 1. The molecule has 1 aliphatic carbocycles. The third-order valence-corrected chi connectivity index (χ3v) is 4.15. The first kappa shape index (κ1) is 14.0. The van der Waals surface area contributed by atoms with Crippen molar-refractivity contribution in [1.29, 1.82) is 0 Å². The Morgan fingerprint density at radius 1 is 1.32 bits per heavy atom. The Morgan fingerprint density at radius 3 is 2.58 bits per heavy atom. The van der Waals surface area contributed by atoms with Gasteiger partial charge in [-0.15, -0.1) is 0 Å². The first-order valence-corrected chi connectivity index (χ1v) is 6.91. The molecule has 0 bridgehead atoms. The fraction of sp³-hybridized carbons (Fsp3) is 0.562. The highest BCUT2D eigenvalue weighted by Crippen LogP contribution is 2.36. The van der Waals surface area contributed by atoms with Gasteiger partial charge in [-0.1, -0.05) is 20.3 Å². The van der Waals surface area contributed by atoms with Gasteiger partial charge in [0.05, 0.1) is 0 Å². The molecule has 19 heavy (non-hydrogen) atoms. The van der Waals surface area contributed by atoms with Crippen molar-refractivity contribution in [2.24, 2.45) is 11.3 Å². The van der Waals surface area contributed by atoms with Gasteiger partial charge in [-0.2, -0.15) is 0 Å². The van der Waals surface area contributed by atoms with Crippen LogP contribution in [0.3, 0.4) is 0 Å². The van der Waals surface area contributed by atoms with Gasteiger partial charge in [0.15, 0.2) is 0 Å². The van der Waals surface area contributed by atoms with E-state index in [9.17, 15) is 9.18 Å². The highest BCUT2D eigenvalue weighted by molar-refractivity contribution is 5.87. The molecule has 1 aromatic carbocycles. The molecule has 1 unspecified atom stereocenters. The van der Waals surface area contributed by atoms with E-state index in [0.29, 0.717) is 12.3 Å². The number of hydrogen-bond acceptors (Lipinski definition) is 2. The second-order valence-corrected chi connectivity index (χ2v) is 6.19. The summed E-state index contributed by atoms with van der Waals surface area (Å²) in [5, 5.41) is 0. The number of nitrogens with zero attached hydrogens (tertiary/aromatic N) is 1. The first-order valence-electron chi connectivity index (χ1n) is 6.91. The number of carbonyl (C=O) groups excluding carboxylic acids is 1. The Morgan fingerprint density at radius 2 is 1.95 bits per heavy atom. The highest BCUT2D eigenvalue weighted by atomic mass is 19.1. The van der Waals surface area contributed by atoms with Crippen molar-refractivity contribution in [1.82, 2.24) is 0 Å². The molecule has 0 heterocycles. The molecule has 1 fully saturated rings. The lowest BCUT2D eigenvalue weighted by molar-refractivity contribution is -0.133. The zero-order valence-corrected chi connectivity index (χ0v) is 11.9. The summed E-state index contributed by atoms with van der Waals surface area (Å²) in [5.74, 6) is 0.235. The SMILES string of the molecule is CN(CC1CCCC(C)(C)C1=O)c1ccc(F)cc1. The largest absolute Gasteiger partial charge is 0.374 e. The van der Waals surface area contributed by atoms with Crippen LogP contribution in [0.2, 0.25) is 0 Å². The zero-order valence-electron chi connectivity index (χ0n) is 11.9. The monoisotopic (exact) mass is 263 g/mol. The summed E-state index contributed by atoms with van der Waals surface area (Å²) in [6.45, 7) is 4.80. The maximum absolute atomic E-state index is 12.9. The molecule has 2 rings (SSSR count). The molecule has 0 radical (unpaired) electrons. The lowest BCUT2D eigenvalue weighted by atomic mass is 9.71. The number of rotatable bonds is 3. The molecule has 2 nitrogen and oxygen atoms in total.